The molecule has 1 amide bonds. The number of nitrogens with one attached hydrogen (secondary N) is 2. The van der Waals surface area contributed by atoms with Crippen molar-refractivity contribution in [2.75, 3.05) is 36.5 Å². The van der Waals surface area contributed by atoms with Gasteiger partial charge in [0.1, 0.15) is 5.56 Å². The Labute approximate surface area is 156 Å². The zero-order chi connectivity index (χ0) is 18.8. The number of hydrogen-bond acceptors (Lipinski definition) is 5. The van der Waals surface area contributed by atoms with E-state index in [1.54, 1.807) is 6.07 Å². The molecule has 1 aliphatic carbocycles. The number of hydrogen-bond donors (Lipinski definition) is 2. The zero-order valence-corrected chi connectivity index (χ0v) is 14.9. The van der Waals surface area contributed by atoms with Crippen molar-refractivity contribution in [2.45, 2.75) is 19.3 Å². The molecule has 1 saturated heterocycles. The first-order valence-electron chi connectivity index (χ1n) is 9.16. The fraction of sp³-hybridized carbons (Fsp3) is 0.350. The second-order valence-electron chi connectivity index (χ2n) is 6.75. The maximum atomic E-state index is 12.8. The van der Waals surface area contributed by atoms with Crippen molar-refractivity contribution in [1.29, 1.82) is 0 Å². The van der Waals surface area contributed by atoms with Gasteiger partial charge < -0.3 is 19.9 Å². The van der Waals surface area contributed by atoms with Gasteiger partial charge in [0, 0.05) is 30.8 Å². The van der Waals surface area contributed by atoms with E-state index in [9.17, 15) is 14.4 Å². The number of aromatic nitrogens is 1. The number of para-hydroxylation sites is 2. The second-order valence-corrected chi connectivity index (χ2v) is 6.75. The van der Waals surface area contributed by atoms with Crippen LogP contribution in [0.2, 0.25) is 0 Å². The van der Waals surface area contributed by atoms with Crippen LogP contribution >= 0.6 is 0 Å². The van der Waals surface area contributed by atoms with Gasteiger partial charge in [0.2, 0.25) is 0 Å². The Morgan fingerprint density at radius 2 is 1.89 bits per heavy atom. The van der Waals surface area contributed by atoms with Crippen LogP contribution in [0.4, 0.5) is 11.4 Å². The SMILES string of the molecule is O=C1CCCc2[nH]c(=O)c(C(=O)Nc3ccccc3N3CCOCC3)cc21. The van der Waals surface area contributed by atoms with Gasteiger partial charge in [0.25, 0.3) is 11.5 Å². The normalized spacial score (nSPS) is 16.7. The van der Waals surface area contributed by atoms with E-state index < -0.39 is 11.5 Å². The molecule has 140 valence electrons. The van der Waals surface area contributed by atoms with E-state index in [0.29, 0.717) is 43.0 Å². The van der Waals surface area contributed by atoms with E-state index in [0.717, 1.165) is 25.2 Å². The first-order valence-corrected chi connectivity index (χ1v) is 9.16. The first kappa shape index (κ1) is 17.5. The minimum atomic E-state index is -0.516. The molecule has 7 nitrogen and oxygen atoms in total. The summed E-state index contributed by atoms with van der Waals surface area (Å²) in [5.74, 6) is -0.548. The van der Waals surface area contributed by atoms with Gasteiger partial charge in [-0.1, -0.05) is 12.1 Å². The Hall–Kier alpha value is -2.93. The molecular formula is C20H21N3O4. The molecule has 1 aromatic heterocycles. The number of ketones is 1. The van der Waals surface area contributed by atoms with E-state index in [1.165, 1.54) is 6.07 Å². The van der Waals surface area contributed by atoms with Gasteiger partial charge >= 0.3 is 0 Å². The summed E-state index contributed by atoms with van der Waals surface area (Å²) >= 11 is 0. The Kier molecular flexibility index (Phi) is 4.77. The predicted octanol–water partition coefficient (Wildman–Crippen LogP) is 1.98. The Balaban J connectivity index is 1.63. The zero-order valence-electron chi connectivity index (χ0n) is 14.9. The summed E-state index contributed by atoms with van der Waals surface area (Å²) in [7, 11) is 0. The van der Waals surface area contributed by atoms with Crippen LogP contribution in [0.3, 0.4) is 0 Å². The maximum Gasteiger partial charge on any atom is 0.261 e. The Morgan fingerprint density at radius 3 is 2.70 bits per heavy atom. The smallest absolute Gasteiger partial charge is 0.261 e. The molecule has 4 rings (SSSR count). The molecule has 2 aliphatic rings. The third kappa shape index (κ3) is 3.50. The van der Waals surface area contributed by atoms with Crippen molar-refractivity contribution in [1.82, 2.24) is 4.98 Å². The number of aryl methyl sites for hydroxylation is 1. The highest BCUT2D eigenvalue weighted by Gasteiger charge is 2.23. The van der Waals surface area contributed by atoms with Crippen LogP contribution in [-0.2, 0) is 11.2 Å². The molecule has 0 atom stereocenters. The van der Waals surface area contributed by atoms with Crippen molar-refractivity contribution < 1.29 is 14.3 Å². The summed E-state index contributed by atoms with van der Waals surface area (Å²) in [5.41, 5.74) is 2.09. The summed E-state index contributed by atoms with van der Waals surface area (Å²) in [6.07, 6.45) is 1.82. The molecule has 0 unspecified atom stereocenters. The molecule has 0 saturated carbocycles. The minimum absolute atomic E-state index is 0.0322. The molecular weight excluding hydrogens is 346 g/mol. The first-order chi connectivity index (χ1) is 13.1. The van der Waals surface area contributed by atoms with Gasteiger partial charge in [0.15, 0.2) is 5.78 Å². The standard InChI is InChI=1S/C20H21N3O4/c24-18-7-3-5-15-13(18)12-14(19(25)21-15)20(26)22-16-4-1-2-6-17(16)23-8-10-27-11-9-23/h1-2,4,6,12H,3,5,7-11H2,(H,21,25)(H,22,26). The lowest BCUT2D eigenvalue weighted by Gasteiger charge is -2.30. The number of anilines is 2. The van der Waals surface area contributed by atoms with Gasteiger partial charge in [-0.05, 0) is 31.0 Å². The number of carbonyl (C=O) groups is 2. The number of H-pyrrole nitrogens is 1. The molecule has 0 spiro atoms. The highest BCUT2D eigenvalue weighted by atomic mass is 16.5. The van der Waals surface area contributed by atoms with Gasteiger partial charge in [-0.2, -0.15) is 0 Å². The van der Waals surface area contributed by atoms with Crippen LogP contribution in [0.25, 0.3) is 0 Å². The lowest BCUT2D eigenvalue weighted by atomic mass is 9.93. The average molecular weight is 367 g/mol. The number of rotatable bonds is 3. The summed E-state index contributed by atoms with van der Waals surface area (Å²) in [6, 6.07) is 8.91. The monoisotopic (exact) mass is 367 g/mol. The number of morpholine rings is 1. The number of fused-ring (bicyclic) bond motifs is 1. The maximum absolute atomic E-state index is 12.8. The number of aromatic amines is 1. The molecule has 0 bridgehead atoms. The summed E-state index contributed by atoms with van der Waals surface area (Å²) < 4.78 is 5.38. The quantitative estimate of drug-likeness (QED) is 0.866. The molecule has 1 aliphatic heterocycles. The summed E-state index contributed by atoms with van der Waals surface area (Å²) in [5, 5.41) is 2.83. The molecule has 1 fully saturated rings. The molecule has 2 heterocycles. The van der Waals surface area contributed by atoms with E-state index in [-0.39, 0.29) is 11.3 Å². The number of nitrogens with zero attached hydrogens (tertiary/aromatic N) is 1. The van der Waals surface area contributed by atoms with Crippen LogP contribution in [0.15, 0.2) is 35.1 Å². The highest BCUT2D eigenvalue weighted by Crippen LogP contribution is 2.27. The lowest BCUT2D eigenvalue weighted by molar-refractivity contribution is 0.0971. The van der Waals surface area contributed by atoms with Gasteiger partial charge in [-0.25, -0.2) is 0 Å². The van der Waals surface area contributed by atoms with Crippen LogP contribution < -0.4 is 15.8 Å². The van der Waals surface area contributed by atoms with Gasteiger partial charge in [0.05, 0.1) is 24.6 Å². The molecule has 27 heavy (non-hydrogen) atoms. The van der Waals surface area contributed by atoms with E-state index in [1.807, 2.05) is 18.2 Å². The lowest BCUT2D eigenvalue weighted by Crippen LogP contribution is -2.37. The summed E-state index contributed by atoms with van der Waals surface area (Å²) in [4.78, 5) is 42.1. The number of benzene rings is 1. The van der Waals surface area contributed by atoms with Crippen molar-refractivity contribution in [3.63, 3.8) is 0 Å². The van der Waals surface area contributed by atoms with Gasteiger partial charge in [-0.3, -0.25) is 14.4 Å². The topological polar surface area (TPSA) is 91.5 Å². The fourth-order valence-corrected chi connectivity index (χ4v) is 3.59. The van der Waals surface area contributed by atoms with Crippen LogP contribution in [-0.4, -0.2) is 43.0 Å². The minimum Gasteiger partial charge on any atom is -0.378 e. The number of carbonyl (C=O) groups excluding carboxylic acids is 2. The van der Waals surface area contributed by atoms with E-state index in [4.69, 9.17) is 4.74 Å². The van der Waals surface area contributed by atoms with Crippen molar-refractivity contribution in [2.24, 2.45) is 0 Å². The van der Waals surface area contributed by atoms with Crippen LogP contribution in [0, 0.1) is 0 Å². The third-order valence-electron chi connectivity index (χ3n) is 5.00. The molecule has 0 radical (unpaired) electrons. The Bertz CT molecular complexity index is 944. The second kappa shape index (κ2) is 7.36. The van der Waals surface area contributed by atoms with E-state index in [2.05, 4.69) is 15.2 Å². The largest absolute Gasteiger partial charge is 0.378 e. The fourth-order valence-electron chi connectivity index (χ4n) is 3.59. The third-order valence-corrected chi connectivity index (χ3v) is 5.00. The number of Topliss-reactive ketones (excluding diaryl/α,β-unsaturated/α-hetero) is 1. The van der Waals surface area contributed by atoms with Gasteiger partial charge in [-0.15, -0.1) is 0 Å². The Morgan fingerprint density at radius 1 is 1.11 bits per heavy atom. The van der Waals surface area contributed by atoms with Crippen LogP contribution in [0.1, 0.15) is 39.3 Å². The van der Waals surface area contributed by atoms with Crippen LogP contribution in [0.5, 0.6) is 0 Å². The van der Waals surface area contributed by atoms with Crippen molar-refractivity contribution in [3.05, 3.63) is 57.5 Å². The molecule has 1 aromatic carbocycles. The summed E-state index contributed by atoms with van der Waals surface area (Å²) in [6.45, 7) is 2.74. The molecule has 7 heteroatoms. The average Bonchev–Trinajstić information content (AvgIpc) is 2.69. The van der Waals surface area contributed by atoms with Crippen molar-refractivity contribution in [3.8, 4) is 0 Å². The number of ether oxygens (including phenoxy) is 1. The predicted molar refractivity (Wildman–Crippen MR) is 102 cm³/mol. The van der Waals surface area contributed by atoms with E-state index >= 15 is 0 Å². The number of amides is 1. The highest BCUT2D eigenvalue weighted by molar-refractivity contribution is 6.07. The van der Waals surface area contributed by atoms with Crippen molar-refractivity contribution >= 4 is 23.1 Å². The molecule has 2 N–H and O–H groups in total. The number of pyridine rings is 1. The molecule has 2 aromatic rings.